The molecule has 1 aromatic carbocycles. The largest absolute Gasteiger partial charge is 0.497 e. The molecule has 162 valence electrons. The van der Waals surface area contributed by atoms with Crippen LogP contribution in [-0.2, 0) is 0 Å². The quantitative estimate of drug-likeness (QED) is 0.410. The first-order valence-electron chi connectivity index (χ1n) is 9.98. The number of H-pyrrole nitrogens is 1. The Kier molecular flexibility index (Phi) is 5.45. The van der Waals surface area contributed by atoms with Gasteiger partial charge in [-0.25, -0.2) is 4.98 Å². The van der Waals surface area contributed by atoms with Gasteiger partial charge in [0.25, 0.3) is 11.8 Å². The van der Waals surface area contributed by atoms with Crippen LogP contribution in [-0.4, -0.2) is 45.4 Å². The SMILES string of the molecule is COc1ccc2cc(C(=O)NC(C)(CNC(=O)c3csc4cncn34)C(C)C)[nH]c2c1. The van der Waals surface area contributed by atoms with Crippen LogP contribution in [0.4, 0.5) is 0 Å². The van der Waals surface area contributed by atoms with Gasteiger partial charge in [-0.2, -0.15) is 0 Å². The lowest BCUT2D eigenvalue weighted by Gasteiger charge is -2.35. The van der Waals surface area contributed by atoms with Gasteiger partial charge in [-0.15, -0.1) is 11.3 Å². The number of amides is 2. The van der Waals surface area contributed by atoms with Crippen LogP contribution in [0.3, 0.4) is 0 Å². The summed E-state index contributed by atoms with van der Waals surface area (Å²) in [5, 5.41) is 8.79. The second-order valence-electron chi connectivity index (χ2n) is 8.07. The van der Waals surface area contributed by atoms with E-state index in [2.05, 4.69) is 20.6 Å². The maximum absolute atomic E-state index is 13.0. The van der Waals surface area contributed by atoms with Gasteiger partial charge in [0.05, 0.1) is 18.8 Å². The number of thiazole rings is 1. The number of benzene rings is 1. The van der Waals surface area contributed by atoms with Gasteiger partial charge in [0.2, 0.25) is 0 Å². The van der Waals surface area contributed by atoms with E-state index >= 15 is 0 Å². The Morgan fingerprint density at radius 1 is 1.29 bits per heavy atom. The van der Waals surface area contributed by atoms with E-state index in [1.54, 1.807) is 29.4 Å². The summed E-state index contributed by atoms with van der Waals surface area (Å²) in [7, 11) is 1.61. The fourth-order valence-electron chi connectivity index (χ4n) is 3.32. The summed E-state index contributed by atoms with van der Waals surface area (Å²) in [4.78, 5) is 33.9. The number of hydrogen-bond donors (Lipinski definition) is 3. The van der Waals surface area contributed by atoms with E-state index in [0.29, 0.717) is 11.4 Å². The Morgan fingerprint density at radius 3 is 2.84 bits per heavy atom. The molecule has 3 aromatic heterocycles. The highest BCUT2D eigenvalue weighted by molar-refractivity contribution is 7.15. The summed E-state index contributed by atoms with van der Waals surface area (Å²) in [6, 6.07) is 7.42. The minimum absolute atomic E-state index is 0.0805. The number of carbonyl (C=O) groups is 2. The van der Waals surface area contributed by atoms with E-state index in [-0.39, 0.29) is 24.3 Å². The van der Waals surface area contributed by atoms with E-state index < -0.39 is 5.54 Å². The third kappa shape index (κ3) is 4.00. The van der Waals surface area contributed by atoms with Crippen LogP contribution in [0.15, 0.2) is 42.2 Å². The first-order valence-corrected chi connectivity index (χ1v) is 10.9. The molecule has 4 rings (SSSR count). The van der Waals surface area contributed by atoms with Gasteiger partial charge in [0, 0.05) is 28.9 Å². The molecule has 9 heteroatoms. The number of nitrogens with one attached hydrogen (secondary N) is 3. The Morgan fingerprint density at radius 2 is 2.10 bits per heavy atom. The number of hydrogen-bond acceptors (Lipinski definition) is 5. The van der Waals surface area contributed by atoms with E-state index in [4.69, 9.17) is 4.74 Å². The molecule has 1 atom stereocenters. The van der Waals surface area contributed by atoms with Crippen LogP contribution < -0.4 is 15.4 Å². The molecule has 8 nitrogen and oxygen atoms in total. The van der Waals surface area contributed by atoms with Gasteiger partial charge in [-0.1, -0.05) is 13.8 Å². The van der Waals surface area contributed by atoms with E-state index in [0.717, 1.165) is 21.5 Å². The average Bonchev–Trinajstić information content (AvgIpc) is 3.46. The number of fused-ring (bicyclic) bond motifs is 2. The average molecular weight is 440 g/mol. The van der Waals surface area contributed by atoms with Crippen molar-refractivity contribution in [3.05, 3.63) is 53.6 Å². The molecule has 3 N–H and O–H groups in total. The Balaban J connectivity index is 1.49. The number of carbonyl (C=O) groups excluding carboxylic acids is 2. The molecular formula is C22H25N5O3S. The zero-order valence-corrected chi connectivity index (χ0v) is 18.7. The topological polar surface area (TPSA) is 101 Å². The standard InChI is InChI=1S/C22H25N5O3S/c1-13(2)22(3,11-24-21(29)18-10-31-19-9-23-12-27(18)19)26-20(28)17-7-14-5-6-15(30-4)8-16(14)25-17/h5-10,12-13,25H,11H2,1-4H3,(H,24,29)(H,26,28). The fourth-order valence-corrected chi connectivity index (χ4v) is 4.15. The van der Waals surface area contributed by atoms with E-state index in [1.807, 2.05) is 45.0 Å². The first-order chi connectivity index (χ1) is 14.8. The van der Waals surface area contributed by atoms with Crippen LogP contribution in [0.25, 0.3) is 15.7 Å². The van der Waals surface area contributed by atoms with Crippen molar-refractivity contribution >= 4 is 38.9 Å². The molecule has 0 fully saturated rings. The molecule has 0 bridgehead atoms. The molecule has 0 saturated heterocycles. The Bertz CT molecular complexity index is 1250. The van der Waals surface area contributed by atoms with Crippen molar-refractivity contribution in [3.8, 4) is 5.75 Å². The summed E-state index contributed by atoms with van der Waals surface area (Å²) in [6.45, 7) is 6.25. The van der Waals surface area contributed by atoms with Crippen molar-refractivity contribution < 1.29 is 14.3 Å². The third-order valence-electron chi connectivity index (χ3n) is 5.75. The lowest BCUT2D eigenvalue weighted by Crippen LogP contribution is -2.57. The van der Waals surface area contributed by atoms with Crippen molar-refractivity contribution in [3.63, 3.8) is 0 Å². The van der Waals surface area contributed by atoms with Crippen LogP contribution in [0.2, 0.25) is 0 Å². The first kappa shape index (κ1) is 20.9. The van der Waals surface area contributed by atoms with Crippen molar-refractivity contribution in [2.45, 2.75) is 26.3 Å². The lowest BCUT2D eigenvalue weighted by molar-refractivity contribution is 0.0838. The molecule has 4 aromatic rings. The van der Waals surface area contributed by atoms with Crippen molar-refractivity contribution in [1.82, 2.24) is 25.0 Å². The molecule has 3 heterocycles. The van der Waals surface area contributed by atoms with E-state index in [9.17, 15) is 9.59 Å². The molecule has 1 unspecified atom stereocenters. The number of aromatic nitrogens is 3. The van der Waals surface area contributed by atoms with Gasteiger partial charge in [-0.05, 0) is 31.0 Å². The van der Waals surface area contributed by atoms with Gasteiger partial charge >= 0.3 is 0 Å². The summed E-state index contributed by atoms with van der Waals surface area (Å²) >= 11 is 1.46. The number of ether oxygens (including phenoxy) is 1. The van der Waals surface area contributed by atoms with Crippen LogP contribution in [0, 0.1) is 5.92 Å². The maximum atomic E-state index is 13.0. The van der Waals surface area contributed by atoms with Crippen LogP contribution in [0.1, 0.15) is 41.7 Å². The molecule has 0 spiro atoms. The summed E-state index contributed by atoms with van der Waals surface area (Å²) in [5.74, 6) is 0.365. The van der Waals surface area contributed by atoms with Gasteiger partial charge < -0.3 is 20.4 Å². The highest BCUT2D eigenvalue weighted by Gasteiger charge is 2.32. The number of aromatic amines is 1. The minimum Gasteiger partial charge on any atom is -0.497 e. The predicted molar refractivity (Wildman–Crippen MR) is 121 cm³/mol. The highest BCUT2D eigenvalue weighted by Crippen LogP contribution is 2.23. The van der Waals surface area contributed by atoms with Gasteiger partial charge in [-0.3, -0.25) is 14.0 Å². The molecule has 0 radical (unpaired) electrons. The smallest absolute Gasteiger partial charge is 0.269 e. The molecule has 0 aliphatic carbocycles. The Labute approximate surface area is 183 Å². The summed E-state index contributed by atoms with van der Waals surface area (Å²) in [5.41, 5.74) is 1.16. The third-order valence-corrected chi connectivity index (χ3v) is 6.64. The van der Waals surface area contributed by atoms with Crippen molar-refractivity contribution in [1.29, 1.82) is 0 Å². The molecule has 31 heavy (non-hydrogen) atoms. The van der Waals surface area contributed by atoms with Crippen molar-refractivity contribution in [2.24, 2.45) is 5.92 Å². The second-order valence-corrected chi connectivity index (χ2v) is 8.96. The maximum Gasteiger partial charge on any atom is 0.269 e. The predicted octanol–water partition coefficient (Wildman–Crippen LogP) is 3.46. The van der Waals surface area contributed by atoms with E-state index in [1.165, 1.54) is 11.3 Å². The lowest BCUT2D eigenvalue weighted by atomic mass is 9.88. The molecular weight excluding hydrogens is 414 g/mol. The highest BCUT2D eigenvalue weighted by atomic mass is 32.1. The van der Waals surface area contributed by atoms with Crippen LogP contribution >= 0.6 is 11.3 Å². The molecule has 0 aliphatic rings. The number of methoxy groups -OCH3 is 1. The normalized spacial score (nSPS) is 13.5. The fraction of sp³-hybridized carbons (Fsp3) is 0.318. The number of nitrogens with zero attached hydrogens (tertiary/aromatic N) is 2. The Hall–Kier alpha value is -3.33. The second kappa shape index (κ2) is 8.07. The van der Waals surface area contributed by atoms with Gasteiger partial charge in [0.15, 0.2) is 0 Å². The summed E-state index contributed by atoms with van der Waals surface area (Å²) < 4.78 is 7.00. The minimum atomic E-state index is -0.647. The molecule has 0 aliphatic heterocycles. The number of imidazole rings is 1. The monoisotopic (exact) mass is 439 g/mol. The molecule has 0 saturated carbocycles. The number of rotatable bonds is 7. The van der Waals surface area contributed by atoms with Crippen LogP contribution in [0.5, 0.6) is 5.75 Å². The molecule has 2 amide bonds. The zero-order chi connectivity index (χ0) is 22.2. The summed E-state index contributed by atoms with van der Waals surface area (Å²) in [6.07, 6.45) is 3.34. The van der Waals surface area contributed by atoms with Gasteiger partial charge in [0.1, 0.15) is 28.3 Å². The van der Waals surface area contributed by atoms with Crippen molar-refractivity contribution in [2.75, 3.05) is 13.7 Å². The zero-order valence-electron chi connectivity index (χ0n) is 17.9.